The van der Waals surface area contributed by atoms with Crippen LogP contribution in [0.15, 0.2) is 35.7 Å². The molecule has 106 valence electrons. The minimum Gasteiger partial charge on any atom is -0.384 e. The summed E-state index contributed by atoms with van der Waals surface area (Å²) >= 11 is 1.60. The van der Waals surface area contributed by atoms with Crippen molar-refractivity contribution in [1.29, 1.82) is 0 Å². The van der Waals surface area contributed by atoms with E-state index in [0.717, 1.165) is 17.4 Å². The van der Waals surface area contributed by atoms with Crippen molar-refractivity contribution in [2.75, 3.05) is 11.9 Å². The van der Waals surface area contributed by atoms with Crippen molar-refractivity contribution < 1.29 is 13.7 Å². The number of nitrogens with one attached hydrogen (secondary N) is 1. The lowest BCUT2D eigenvalue weighted by Crippen LogP contribution is -2.07. The zero-order chi connectivity index (χ0) is 14.5. The molecule has 7 heteroatoms. The predicted octanol–water partition coefficient (Wildman–Crippen LogP) is 4.25. The number of halogens is 2. The standard InChI is InChI=1S/C13H12F2N2O2S/c14-13(15)11-8-9(17(18)19)3-4-12(11)16-6-5-10-2-1-7-20-10/h1-4,7-8,13,16H,5-6H2. The monoisotopic (exact) mass is 298 g/mol. The van der Waals surface area contributed by atoms with E-state index in [2.05, 4.69) is 5.32 Å². The summed E-state index contributed by atoms with van der Waals surface area (Å²) in [6, 6.07) is 7.36. The van der Waals surface area contributed by atoms with Gasteiger partial charge in [-0.2, -0.15) is 0 Å². The molecule has 0 atom stereocenters. The van der Waals surface area contributed by atoms with Gasteiger partial charge in [-0.15, -0.1) is 11.3 Å². The fraction of sp³-hybridized carbons (Fsp3) is 0.231. The SMILES string of the molecule is O=[N+]([O-])c1ccc(NCCc2cccs2)c(C(F)F)c1. The number of nitro benzene ring substituents is 1. The normalized spacial score (nSPS) is 10.8. The highest BCUT2D eigenvalue weighted by molar-refractivity contribution is 7.09. The molecule has 0 spiro atoms. The summed E-state index contributed by atoms with van der Waals surface area (Å²) in [5, 5.41) is 15.5. The molecule has 4 nitrogen and oxygen atoms in total. The second-order valence-corrected chi connectivity index (χ2v) is 5.12. The summed E-state index contributed by atoms with van der Waals surface area (Å²) < 4.78 is 25.8. The average molecular weight is 298 g/mol. The fourth-order valence-corrected chi connectivity index (χ4v) is 2.49. The number of hydrogen-bond acceptors (Lipinski definition) is 4. The van der Waals surface area contributed by atoms with Crippen LogP contribution in [0.25, 0.3) is 0 Å². The number of rotatable bonds is 6. The molecule has 0 fully saturated rings. The fourth-order valence-electron chi connectivity index (χ4n) is 1.78. The van der Waals surface area contributed by atoms with E-state index in [0.29, 0.717) is 6.54 Å². The minimum atomic E-state index is -2.75. The van der Waals surface area contributed by atoms with Crippen molar-refractivity contribution in [3.05, 3.63) is 56.3 Å². The van der Waals surface area contributed by atoms with Gasteiger partial charge in [0.1, 0.15) is 0 Å². The molecule has 1 N–H and O–H groups in total. The Kier molecular flexibility index (Phi) is 4.62. The van der Waals surface area contributed by atoms with Gasteiger partial charge in [-0.05, 0) is 23.9 Å². The zero-order valence-electron chi connectivity index (χ0n) is 10.4. The zero-order valence-corrected chi connectivity index (χ0v) is 11.2. The van der Waals surface area contributed by atoms with Crippen LogP contribution in [-0.2, 0) is 6.42 Å². The van der Waals surface area contributed by atoms with Crippen molar-refractivity contribution in [2.24, 2.45) is 0 Å². The molecule has 20 heavy (non-hydrogen) atoms. The van der Waals surface area contributed by atoms with E-state index in [1.165, 1.54) is 12.1 Å². The topological polar surface area (TPSA) is 55.2 Å². The van der Waals surface area contributed by atoms with Gasteiger partial charge in [-0.3, -0.25) is 10.1 Å². The molecule has 0 unspecified atom stereocenters. The summed E-state index contributed by atoms with van der Waals surface area (Å²) in [7, 11) is 0. The molecule has 1 aromatic carbocycles. The number of non-ortho nitro benzene ring substituents is 1. The van der Waals surface area contributed by atoms with Crippen molar-refractivity contribution in [2.45, 2.75) is 12.8 Å². The van der Waals surface area contributed by atoms with Crippen LogP contribution < -0.4 is 5.32 Å². The Hall–Kier alpha value is -2.02. The number of thiophene rings is 1. The van der Waals surface area contributed by atoms with E-state index in [-0.39, 0.29) is 16.9 Å². The molecule has 0 saturated carbocycles. The quantitative estimate of drug-likeness (QED) is 0.640. The Balaban J connectivity index is 2.08. The number of nitro groups is 1. The summed E-state index contributed by atoms with van der Waals surface area (Å²) in [4.78, 5) is 11.1. The van der Waals surface area contributed by atoms with Crippen molar-refractivity contribution in [3.8, 4) is 0 Å². The average Bonchev–Trinajstić information content (AvgIpc) is 2.91. The van der Waals surface area contributed by atoms with Gasteiger partial charge in [0.25, 0.3) is 12.1 Å². The van der Waals surface area contributed by atoms with Crippen LogP contribution in [0.5, 0.6) is 0 Å². The minimum absolute atomic E-state index is 0.238. The van der Waals surface area contributed by atoms with Gasteiger partial charge in [-0.1, -0.05) is 6.07 Å². The first-order valence-corrected chi connectivity index (χ1v) is 6.78. The second-order valence-electron chi connectivity index (χ2n) is 4.09. The first-order valence-electron chi connectivity index (χ1n) is 5.90. The van der Waals surface area contributed by atoms with Gasteiger partial charge in [0.15, 0.2) is 0 Å². The van der Waals surface area contributed by atoms with Crippen LogP contribution >= 0.6 is 11.3 Å². The Morgan fingerprint density at radius 3 is 2.75 bits per heavy atom. The maximum Gasteiger partial charge on any atom is 0.270 e. The summed E-state index contributed by atoms with van der Waals surface area (Å²) in [6.07, 6.45) is -2.03. The van der Waals surface area contributed by atoms with Crippen LogP contribution in [0.1, 0.15) is 16.9 Å². The Bertz CT molecular complexity index is 588. The van der Waals surface area contributed by atoms with Crippen LogP contribution in [-0.4, -0.2) is 11.5 Å². The van der Waals surface area contributed by atoms with Gasteiger partial charge in [0.2, 0.25) is 0 Å². The third-order valence-electron chi connectivity index (χ3n) is 2.75. The maximum atomic E-state index is 12.9. The van der Waals surface area contributed by atoms with E-state index >= 15 is 0 Å². The van der Waals surface area contributed by atoms with Gasteiger partial charge in [-0.25, -0.2) is 8.78 Å². The van der Waals surface area contributed by atoms with Crippen LogP contribution in [0.3, 0.4) is 0 Å². The van der Waals surface area contributed by atoms with E-state index in [4.69, 9.17) is 0 Å². The molecule has 1 heterocycles. The van der Waals surface area contributed by atoms with Crippen LogP contribution in [0.4, 0.5) is 20.2 Å². The van der Waals surface area contributed by atoms with Gasteiger partial charge >= 0.3 is 0 Å². The number of benzene rings is 1. The lowest BCUT2D eigenvalue weighted by atomic mass is 10.1. The summed E-state index contributed by atoms with van der Waals surface area (Å²) in [5.74, 6) is 0. The molecule has 0 amide bonds. The number of anilines is 1. The van der Waals surface area contributed by atoms with E-state index in [9.17, 15) is 18.9 Å². The molecule has 0 saturated heterocycles. The highest BCUT2D eigenvalue weighted by Crippen LogP contribution is 2.30. The van der Waals surface area contributed by atoms with Crippen LogP contribution in [0.2, 0.25) is 0 Å². The second kappa shape index (κ2) is 6.42. The smallest absolute Gasteiger partial charge is 0.270 e. The lowest BCUT2D eigenvalue weighted by molar-refractivity contribution is -0.385. The highest BCUT2D eigenvalue weighted by atomic mass is 32.1. The van der Waals surface area contributed by atoms with E-state index in [1.54, 1.807) is 11.3 Å². The Morgan fingerprint density at radius 1 is 1.35 bits per heavy atom. The maximum absolute atomic E-state index is 12.9. The number of nitrogens with zero attached hydrogens (tertiary/aromatic N) is 1. The molecule has 0 aliphatic rings. The Labute approximate surface area is 118 Å². The van der Waals surface area contributed by atoms with E-state index < -0.39 is 11.3 Å². The third kappa shape index (κ3) is 3.51. The van der Waals surface area contributed by atoms with Gasteiger partial charge in [0.05, 0.1) is 4.92 Å². The van der Waals surface area contributed by atoms with Gasteiger partial charge < -0.3 is 5.32 Å². The molecule has 0 bridgehead atoms. The highest BCUT2D eigenvalue weighted by Gasteiger charge is 2.17. The molecule has 0 aliphatic heterocycles. The summed E-state index contributed by atoms with van der Waals surface area (Å²) in [5.41, 5.74) is -0.434. The summed E-state index contributed by atoms with van der Waals surface area (Å²) in [6.45, 7) is 0.498. The predicted molar refractivity (Wildman–Crippen MR) is 74.6 cm³/mol. The van der Waals surface area contributed by atoms with Crippen molar-refractivity contribution in [1.82, 2.24) is 0 Å². The van der Waals surface area contributed by atoms with Gasteiger partial charge in [0, 0.05) is 34.8 Å². The van der Waals surface area contributed by atoms with Crippen molar-refractivity contribution >= 4 is 22.7 Å². The van der Waals surface area contributed by atoms with Crippen molar-refractivity contribution in [3.63, 3.8) is 0 Å². The molecular formula is C13H12F2N2O2S. The number of alkyl halides is 2. The third-order valence-corrected chi connectivity index (χ3v) is 3.68. The molecule has 2 aromatic rings. The lowest BCUT2D eigenvalue weighted by Gasteiger charge is -2.11. The molecule has 2 rings (SSSR count). The first kappa shape index (κ1) is 14.4. The molecule has 0 aliphatic carbocycles. The molecule has 0 radical (unpaired) electrons. The van der Waals surface area contributed by atoms with E-state index in [1.807, 2.05) is 17.5 Å². The first-order chi connectivity index (χ1) is 9.58. The molecular weight excluding hydrogens is 286 g/mol. The molecule has 1 aromatic heterocycles. The number of hydrogen-bond donors (Lipinski definition) is 1. The largest absolute Gasteiger partial charge is 0.384 e. The Morgan fingerprint density at radius 2 is 2.15 bits per heavy atom. The van der Waals surface area contributed by atoms with Crippen LogP contribution in [0, 0.1) is 10.1 Å².